The van der Waals surface area contributed by atoms with Crippen LogP contribution in [0, 0.1) is 0 Å². The average molecular weight is 211 g/mol. The molecule has 0 spiro atoms. The topological polar surface area (TPSA) is 86.6 Å². The SMILES string of the molecule is CC[C@H](CO)NCCCS(=O)(=O)O. The number of aliphatic hydroxyl groups excluding tert-OH is 1. The molecule has 5 nitrogen and oxygen atoms in total. The Kier molecular flexibility index (Phi) is 6.23. The van der Waals surface area contributed by atoms with Crippen molar-refractivity contribution in [2.45, 2.75) is 25.8 Å². The van der Waals surface area contributed by atoms with Crippen molar-refractivity contribution < 1.29 is 18.1 Å². The summed E-state index contributed by atoms with van der Waals surface area (Å²) >= 11 is 0. The summed E-state index contributed by atoms with van der Waals surface area (Å²) < 4.78 is 29.0. The highest BCUT2D eigenvalue weighted by Gasteiger charge is 2.05. The molecule has 0 rings (SSSR count). The molecule has 1 atom stereocenters. The fourth-order valence-corrected chi connectivity index (χ4v) is 1.41. The first-order chi connectivity index (χ1) is 5.99. The second kappa shape index (κ2) is 6.31. The van der Waals surface area contributed by atoms with Gasteiger partial charge in [0.25, 0.3) is 10.1 Å². The molecule has 3 N–H and O–H groups in total. The van der Waals surface area contributed by atoms with Crippen molar-refractivity contribution >= 4 is 10.1 Å². The van der Waals surface area contributed by atoms with Crippen LogP contribution in [0.4, 0.5) is 0 Å². The highest BCUT2D eigenvalue weighted by molar-refractivity contribution is 7.85. The van der Waals surface area contributed by atoms with E-state index in [1.54, 1.807) is 0 Å². The maximum absolute atomic E-state index is 10.3. The number of rotatable bonds is 7. The largest absolute Gasteiger partial charge is 0.395 e. The van der Waals surface area contributed by atoms with Gasteiger partial charge < -0.3 is 10.4 Å². The molecule has 0 radical (unpaired) electrons. The Balaban J connectivity index is 3.45. The molecule has 0 fully saturated rings. The van der Waals surface area contributed by atoms with Crippen LogP contribution in [0.5, 0.6) is 0 Å². The lowest BCUT2D eigenvalue weighted by Gasteiger charge is -2.12. The third-order valence-corrected chi connectivity index (χ3v) is 2.53. The van der Waals surface area contributed by atoms with Crippen LogP contribution in [0.1, 0.15) is 19.8 Å². The average Bonchev–Trinajstić information content (AvgIpc) is 2.03. The van der Waals surface area contributed by atoms with Gasteiger partial charge in [-0.1, -0.05) is 6.92 Å². The molecular formula is C7H17NO4S. The van der Waals surface area contributed by atoms with E-state index in [2.05, 4.69) is 5.32 Å². The van der Waals surface area contributed by atoms with Crippen LogP contribution in [0.15, 0.2) is 0 Å². The minimum Gasteiger partial charge on any atom is -0.395 e. The summed E-state index contributed by atoms with van der Waals surface area (Å²) in [5, 5.41) is 11.7. The maximum atomic E-state index is 10.3. The van der Waals surface area contributed by atoms with E-state index in [9.17, 15) is 8.42 Å². The zero-order valence-corrected chi connectivity index (χ0v) is 8.55. The van der Waals surface area contributed by atoms with Crippen molar-refractivity contribution in [3.63, 3.8) is 0 Å². The van der Waals surface area contributed by atoms with Gasteiger partial charge >= 0.3 is 0 Å². The van der Waals surface area contributed by atoms with Crippen LogP contribution in [-0.4, -0.2) is 43.0 Å². The van der Waals surface area contributed by atoms with E-state index in [0.717, 1.165) is 6.42 Å². The molecule has 0 aromatic rings. The first-order valence-corrected chi connectivity index (χ1v) is 5.90. The second-order valence-electron chi connectivity index (χ2n) is 2.88. The molecule has 6 heteroatoms. The lowest BCUT2D eigenvalue weighted by molar-refractivity contribution is 0.239. The van der Waals surface area contributed by atoms with Gasteiger partial charge in [0, 0.05) is 6.04 Å². The Morgan fingerprint density at radius 3 is 2.46 bits per heavy atom. The highest BCUT2D eigenvalue weighted by Crippen LogP contribution is 1.91. The van der Waals surface area contributed by atoms with Gasteiger partial charge in [-0.2, -0.15) is 8.42 Å². The summed E-state index contributed by atoms with van der Waals surface area (Å²) in [5.74, 6) is -0.234. The first-order valence-electron chi connectivity index (χ1n) is 4.29. The van der Waals surface area contributed by atoms with Crippen molar-refractivity contribution in [1.82, 2.24) is 5.32 Å². The van der Waals surface area contributed by atoms with E-state index in [4.69, 9.17) is 9.66 Å². The van der Waals surface area contributed by atoms with Crippen molar-refractivity contribution in [3.8, 4) is 0 Å². The summed E-state index contributed by atoms with van der Waals surface area (Å²) in [6.45, 7) is 2.46. The molecule has 13 heavy (non-hydrogen) atoms. The number of hydrogen-bond acceptors (Lipinski definition) is 4. The molecule has 0 unspecified atom stereocenters. The number of hydrogen-bond donors (Lipinski definition) is 3. The molecule has 80 valence electrons. The summed E-state index contributed by atoms with van der Waals surface area (Å²) in [4.78, 5) is 0. The molecule has 0 aliphatic rings. The number of aliphatic hydroxyl groups is 1. The summed E-state index contributed by atoms with van der Waals surface area (Å²) in [7, 11) is -3.84. The minimum atomic E-state index is -3.84. The second-order valence-corrected chi connectivity index (χ2v) is 4.45. The van der Waals surface area contributed by atoms with E-state index in [1.165, 1.54) is 0 Å². The summed E-state index contributed by atoms with van der Waals surface area (Å²) in [6, 6.07) is 0.0152. The van der Waals surface area contributed by atoms with Gasteiger partial charge in [0.05, 0.1) is 12.4 Å². The quantitative estimate of drug-likeness (QED) is 0.395. The Morgan fingerprint density at radius 1 is 1.46 bits per heavy atom. The Labute approximate surface area is 78.9 Å². The normalized spacial score (nSPS) is 14.4. The Bertz CT molecular complexity index is 211. The summed E-state index contributed by atoms with van der Waals surface area (Å²) in [6.07, 6.45) is 1.15. The number of nitrogens with one attached hydrogen (secondary N) is 1. The summed E-state index contributed by atoms with van der Waals surface area (Å²) in [5.41, 5.74) is 0. The van der Waals surface area contributed by atoms with Crippen molar-refractivity contribution in [2.24, 2.45) is 0 Å². The highest BCUT2D eigenvalue weighted by atomic mass is 32.2. The van der Waals surface area contributed by atoms with Crippen molar-refractivity contribution in [1.29, 1.82) is 0 Å². The van der Waals surface area contributed by atoms with Crippen LogP contribution < -0.4 is 5.32 Å². The maximum Gasteiger partial charge on any atom is 0.264 e. The predicted molar refractivity (Wildman–Crippen MR) is 50.2 cm³/mol. The van der Waals surface area contributed by atoms with Crippen LogP contribution in [0.25, 0.3) is 0 Å². The van der Waals surface area contributed by atoms with Crippen molar-refractivity contribution in [2.75, 3.05) is 18.9 Å². The van der Waals surface area contributed by atoms with Gasteiger partial charge in [-0.05, 0) is 19.4 Å². The predicted octanol–water partition coefficient (Wildman–Crippen LogP) is -0.375. The lowest BCUT2D eigenvalue weighted by Crippen LogP contribution is -2.33. The van der Waals surface area contributed by atoms with Crippen LogP contribution in [0.3, 0.4) is 0 Å². The van der Waals surface area contributed by atoms with Crippen molar-refractivity contribution in [3.05, 3.63) is 0 Å². The minimum absolute atomic E-state index is 0.0152. The fourth-order valence-electron chi connectivity index (χ4n) is 0.899. The molecule has 0 heterocycles. The molecule has 0 aromatic heterocycles. The standard InChI is InChI=1S/C7H17NO4S/c1-2-7(6-9)8-4-3-5-13(10,11)12/h7-9H,2-6H2,1H3,(H,10,11,12)/t7-/m1/s1. The van der Waals surface area contributed by atoms with Gasteiger partial charge in [-0.3, -0.25) is 4.55 Å². The zero-order valence-electron chi connectivity index (χ0n) is 7.73. The van der Waals surface area contributed by atoms with Gasteiger partial charge in [-0.25, -0.2) is 0 Å². The monoisotopic (exact) mass is 211 g/mol. The van der Waals surface area contributed by atoms with Crippen LogP contribution >= 0.6 is 0 Å². The van der Waals surface area contributed by atoms with Gasteiger partial charge in [0.15, 0.2) is 0 Å². The zero-order chi connectivity index (χ0) is 10.3. The van der Waals surface area contributed by atoms with Crippen LogP contribution in [-0.2, 0) is 10.1 Å². The van der Waals surface area contributed by atoms with Gasteiger partial charge in [0.2, 0.25) is 0 Å². The van der Waals surface area contributed by atoms with E-state index >= 15 is 0 Å². The molecular weight excluding hydrogens is 194 g/mol. The molecule has 0 aliphatic heterocycles. The fraction of sp³-hybridized carbons (Fsp3) is 1.00. The Morgan fingerprint density at radius 2 is 2.08 bits per heavy atom. The van der Waals surface area contributed by atoms with E-state index in [0.29, 0.717) is 13.0 Å². The van der Waals surface area contributed by atoms with E-state index in [1.807, 2.05) is 6.92 Å². The van der Waals surface area contributed by atoms with Gasteiger partial charge in [0.1, 0.15) is 0 Å². The van der Waals surface area contributed by atoms with E-state index in [-0.39, 0.29) is 18.4 Å². The molecule has 0 saturated carbocycles. The third-order valence-electron chi connectivity index (χ3n) is 1.73. The molecule has 0 aromatic carbocycles. The molecule has 0 aliphatic carbocycles. The third kappa shape index (κ3) is 8.17. The molecule has 0 amide bonds. The Hall–Kier alpha value is -0.170. The first kappa shape index (κ1) is 12.8. The lowest BCUT2D eigenvalue weighted by atomic mass is 10.2. The smallest absolute Gasteiger partial charge is 0.264 e. The van der Waals surface area contributed by atoms with E-state index < -0.39 is 10.1 Å². The van der Waals surface area contributed by atoms with Gasteiger partial charge in [-0.15, -0.1) is 0 Å². The molecule has 0 saturated heterocycles. The van der Waals surface area contributed by atoms with Crippen LogP contribution in [0.2, 0.25) is 0 Å². The molecule has 0 bridgehead atoms.